The molecule has 2 N–H and O–H groups in total. The highest BCUT2D eigenvalue weighted by atomic mass is 127. The van der Waals surface area contributed by atoms with Gasteiger partial charge in [-0.05, 0) is 45.3 Å². The largest absolute Gasteiger partial charge is 0.355 e. The molecule has 2 rings (SSSR count). The first kappa shape index (κ1) is 19.2. The minimum absolute atomic E-state index is 0. The quantitative estimate of drug-likeness (QED) is 0.426. The van der Waals surface area contributed by atoms with E-state index >= 15 is 0 Å². The Balaban J connectivity index is 0.00000242. The van der Waals surface area contributed by atoms with Crippen LogP contribution in [0.1, 0.15) is 24.0 Å². The molecule has 0 spiro atoms. The molecule has 0 bridgehead atoms. The fourth-order valence-electron chi connectivity index (χ4n) is 2.68. The number of aliphatic imine (C=N–C) groups is 1. The number of likely N-dealkylation sites (N-methyl/N-ethyl adjacent to an activating group) is 1. The van der Waals surface area contributed by atoms with Crippen LogP contribution in [0.2, 0.25) is 0 Å². The van der Waals surface area contributed by atoms with Gasteiger partial charge < -0.3 is 15.5 Å². The highest BCUT2D eigenvalue weighted by Crippen LogP contribution is 2.34. The zero-order valence-corrected chi connectivity index (χ0v) is 16.4. The SMILES string of the molecule is CN=C(NCc1cccc(C)c1)NCC(C1CC1)N(C)C.I. The van der Waals surface area contributed by atoms with Gasteiger partial charge in [0.25, 0.3) is 0 Å². The summed E-state index contributed by atoms with van der Waals surface area (Å²) >= 11 is 0. The Morgan fingerprint density at radius 2 is 2.05 bits per heavy atom. The lowest BCUT2D eigenvalue weighted by Crippen LogP contribution is -2.45. The Labute approximate surface area is 151 Å². The summed E-state index contributed by atoms with van der Waals surface area (Å²) in [5, 5.41) is 6.84. The Morgan fingerprint density at radius 3 is 2.59 bits per heavy atom. The lowest BCUT2D eigenvalue weighted by Gasteiger charge is -2.25. The molecule has 1 aliphatic rings. The van der Waals surface area contributed by atoms with Crippen LogP contribution in [0.4, 0.5) is 0 Å². The molecule has 1 fully saturated rings. The summed E-state index contributed by atoms with van der Waals surface area (Å²) in [6.45, 7) is 3.87. The number of hydrogen-bond donors (Lipinski definition) is 2. The second-order valence-electron chi connectivity index (χ2n) is 6.16. The standard InChI is InChI=1S/C17H28N4.HI/c1-13-6-5-7-14(10-13)11-19-17(18-2)20-12-16(21(3)4)15-8-9-15;/h5-7,10,15-16H,8-9,11-12H2,1-4H3,(H2,18,19,20);1H. The average Bonchev–Trinajstić information content (AvgIpc) is 3.27. The van der Waals surface area contributed by atoms with Crippen molar-refractivity contribution in [3.05, 3.63) is 35.4 Å². The summed E-state index contributed by atoms with van der Waals surface area (Å²) in [5.41, 5.74) is 2.57. The fourth-order valence-corrected chi connectivity index (χ4v) is 2.68. The van der Waals surface area contributed by atoms with E-state index in [2.05, 4.69) is 65.8 Å². The van der Waals surface area contributed by atoms with E-state index in [-0.39, 0.29) is 24.0 Å². The van der Waals surface area contributed by atoms with Crippen molar-refractivity contribution in [2.75, 3.05) is 27.7 Å². The van der Waals surface area contributed by atoms with E-state index in [1.165, 1.54) is 24.0 Å². The van der Waals surface area contributed by atoms with Gasteiger partial charge in [0, 0.05) is 26.2 Å². The maximum atomic E-state index is 4.31. The summed E-state index contributed by atoms with van der Waals surface area (Å²) in [4.78, 5) is 6.63. The Hall–Kier alpha value is -0.820. The number of benzene rings is 1. The number of nitrogens with zero attached hydrogens (tertiary/aromatic N) is 2. The molecule has 1 aromatic rings. The first-order chi connectivity index (χ1) is 10.1. The zero-order valence-electron chi connectivity index (χ0n) is 14.1. The molecule has 0 heterocycles. The van der Waals surface area contributed by atoms with Gasteiger partial charge in [-0.15, -0.1) is 24.0 Å². The Morgan fingerprint density at radius 1 is 1.32 bits per heavy atom. The van der Waals surface area contributed by atoms with Crippen LogP contribution < -0.4 is 10.6 Å². The number of hydrogen-bond acceptors (Lipinski definition) is 2. The Kier molecular flexibility index (Phi) is 8.17. The van der Waals surface area contributed by atoms with Gasteiger partial charge in [0.2, 0.25) is 0 Å². The number of nitrogens with one attached hydrogen (secondary N) is 2. The van der Waals surface area contributed by atoms with Crippen molar-refractivity contribution in [2.45, 2.75) is 32.4 Å². The lowest BCUT2D eigenvalue weighted by atomic mass is 10.1. The molecule has 0 radical (unpaired) electrons. The maximum absolute atomic E-state index is 4.31. The molecule has 0 aromatic heterocycles. The highest BCUT2D eigenvalue weighted by Gasteiger charge is 2.32. The van der Waals surface area contributed by atoms with Gasteiger partial charge in [0.1, 0.15) is 0 Å². The summed E-state index contributed by atoms with van der Waals surface area (Å²) in [6.07, 6.45) is 2.72. The maximum Gasteiger partial charge on any atom is 0.191 e. The molecule has 124 valence electrons. The van der Waals surface area contributed by atoms with Crippen molar-refractivity contribution in [2.24, 2.45) is 10.9 Å². The first-order valence-electron chi connectivity index (χ1n) is 7.76. The highest BCUT2D eigenvalue weighted by molar-refractivity contribution is 14.0. The molecular weight excluding hydrogens is 387 g/mol. The van der Waals surface area contributed by atoms with Crippen molar-refractivity contribution < 1.29 is 0 Å². The van der Waals surface area contributed by atoms with Crippen LogP contribution >= 0.6 is 24.0 Å². The van der Waals surface area contributed by atoms with Crippen molar-refractivity contribution in [1.82, 2.24) is 15.5 Å². The van der Waals surface area contributed by atoms with Crippen LogP contribution in [0.3, 0.4) is 0 Å². The monoisotopic (exact) mass is 416 g/mol. The van der Waals surface area contributed by atoms with E-state index in [4.69, 9.17) is 0 Å². The van der Waals surface area contributed by atoms with Gasteiger partial charge in [-0.3, -0.25) is 4.99 Å². The van der Waals surface area contributed by atoms with Gasteiger partial charge in [-0.1, -0.05) is 29.8 Å². The number of halogens is 1. The number of rotatable bonds is 6. The number of guanidine groups is 1. The topological polar surface area (TPSA) is 39.7 Å². The fraction of sp³-hybridized carbons (Fsp3) is 0.588. The smallest absolute Gasteiger partial charge is 0.191 e. The molecular formula is C17H29IN4. The second-order valence-corrected chi connectivity index (χ2v) is 6.16. The average molecular weight is 416 g/mol. The van der Waals surface area contributed by atoms with E-state index in [1.807, 2.05) is 7.05 Å². The minimum atomic E-state index is 0. The molecule has 0 amide bonds. The van der Waals surface area contributed by atoms with Crippen LogP contribution in [-0.4, -0.2) is 44.6 Å². The van der Waals surface area contributed by atoms with Crippen molar-refractivity contribution >= 4 is 29.9 Å². The third-order valence-electron chi connectivity index (χ3n) is 4.07. The van der Waals surface area contributed by atoms with E-state index in [1.54, 1.807) is 0 Å². The zero-order chi connectivity index (χ0) is 15.2. The second kappa shape index (κ2) is 9.35. The molecule has 4 nitrogen and oxygen atoms in total. The minimum Gasteiger partial charge on any atom is -0.355 e. The van der Waals surface area contributed by atoms with Crippen molar-refractivity contribution in [3.8, 4) is 0 Å². The van der Waals surface area contributed by atoms with Gasteiger partial charge >= 0.3 is 0 Å². The molecule has 0 aliphatic heterocycles. The molecule has 1 saturated carbocycles. The summed E-state index contributed by atoms with van der Waals surface area (Å²) in [7, 11) is 6.15. The molecule has 1 aliphatic carbocycles. The van der Waals surface area contributed by atoms with E-state index in [0.717, 1.165) is 25.0 Å². The van der Waals surface area contributed by atoms with Crippen LogP contribution in [0.5, 0.6) is 0 Å². The van der Waals surface area contributed by atoms with Crippen LogP contribution in [0.25, 0.3) is 0 Å². The predicted octanol–water partition coefficient (Wildman–Crippen LogP) is 2.62. The predicted molar refractivity (Wildman–Crippen MR) is 105 cm³/mol. The van der Waals surface area contributed by atoms with E-state index in [9.17, 15) is 0 Å². The van der Waals surface area contributed by atoms with Crippen LogP contribution in [0.15, 0.2) is 29.3 Å². The number of aryl methyl sites for hydroxylation is 1. The summed E-state index contributed by atoms with van der Waals surface area (Å²) < 4.78 is 0. The van der Waals surface area contributed by atoms with Gasteiger partial charge in [-0.25, -0.2) is 0 Å². The molecule has 5 heteroatoms. The van der Waals surface area contributed by atoms with Gasteiger partial charge in [0.15, 0.2) is 5.96 Å². The normalized spacial score (nSPS) is 16.1. The molecule has 1 unspecified atom stereocenters. The Bertz CT molecular complexity index is 481. The van der Waals surface area contributed by atoms with E-state index in [0.29, 0.717) is 6.04 Å². The van der Waals surface area contributed by atoms with Gasteiger partial charge in [0.05, 0.1) is 0 Å². The third kappa shape index (κ3) is 6.12. The summed E-state index contributed by atoms with van der Waals surface area (Å²) in [5.74, 6) is 1.73. The molecule has 0 saturated heterocycles. The molecule has 1 atom stereocenters. The third-order valence-corrected chi connectivity index (χ3v) is 4.07. The van der Waals surface area contributed by atoms with Crippen LogP contribution in [-0.2, 0) is 6.54 Å². The van der Waals surface area contributed by atoms with Crippen molar-refractivity contribution in [3.63, 3.8) is 0 Å². The van der Waals surface area contributed by atoms with Crippen molar-refractivity contribution in [1.29, 1.82) is 0 Å². The van der Waals surface area contributed by atoms with Crippen LogP contribution in [0, 0.1) is 12.8 Å². The molecule has 1 aromatic carbocycles. The van der Waals surface area contributed by atoms with E-state index < -0.39 is 0 Å². The lowest BCUT2D eigenvalue weighted by molar-refractivity contribution is 0.264. The molecule has 22 heavy (non-hydrogen) atoms. The van der Waals surface area contributed by atoms with Gasteiger partial charge in [-0.2, -0.15) is 0 Å². The first-order valence-corrected chi connectivity index (χ1v) is 7.76. The summed E-state index contributed by atoms with van der Waals surface area (Å²) in [6, 6.07) is 9.15.